The van der Waals surface area contributed by atoms with Crippen LogP contribution in [0.5, 0.6) is 17.2 Å². The molecule has 1 heterocycles. The fourth-order valence-electron chi connectivity index (χ4n) is 4.02. The highest BCUT2D eigenvalue weighted by Gasteiger charge is 2.27. The van der Waals surface area contributed by atoms with Gasteiger partial charge >= 0.3 is 6.16 Å². The predicted molar refractivity (Wildman–Crippen MR) is 132 cm³/mol. The van der Waals surface area contributed by atoms with Gasteiger partial charge in [-0.3, -0.25) is 4.79 Å². The summed E-state index contributed by atoms with van der Waals surface area (Å²) >= 11 is 6.37. The van der Waals surface area contributed by atoms with E-state index in [0.717, 1.165) is 6.42 Å². The van der Waals surface area contributed by atoms with Crippen molar-refractivity contribution in [1.29, 1.82) is 0 Å². The lowest BCUT2D eigenvalue weighted by Gasteiger charge is -2.25. The smallest absolute Gasteiger partial charge is 0.493 e. The summed E-state index contributed by atoms with van der Waals surface area (Å²) in [5, 5.41) is 12.2. The van der Waals surface area contributed by atoms with E-state index in [1.54, 1.807) is 36.4 Å². The van der Waals surface area contributed by atoms with Crippen LogP contribution in [0.3, 0.4) is 0 Å². The highest BCUT2D eigenvalue weighted by molar-refractivity contribution is 6.32. The third-order valence-corrected chi connectivity index (χ3v) is 6.11. The third kappa shape index (κ3) is 6.05. The number of carbonyl (C=O) groups is 2. The topological polar surface area (TPSA) is 94.1 Å². The number of hydrogen-bond donors (Lipinski definition) is 2. The van der Waals surface area contributed by atoms with Crippen molar-refractivity contribution < 1.29 is 28.9 Å². The standard InChI is InChI=1S/C27H26ClNO6/c1-16-3-4-18(17(2)13-16)9-11-29-26(30)19-5-7-20(8-6-19)34-25-15-24-21(14-22(25)28)23(10-12-33-24)35-27(31)32/h3-8,13-15,23H,9-12H2,1-2H3,(H,29,30)(H,31,32). The van der Waals surface area contributed by atoms with Crippen LogP contribution in [0, 0.1) is 13.8 Å². The second-order valence-electron chi connectivity index (χ2n) is 8.39. The van der Waals surface area contributed by atoms with Gasteiger partial charge in [-0.2, -0.15) is 0 Å². The number of carbonyl (C=O) groups excluding carboxylic acids is 1. The zero-order valence-corrected chi connectivity index (χ0v) is 20.2. The molecule has 1 amide bonds. The molecule has 3 aromatic carbocycles. The quantitative estimate of drug-likeness (QED) is 0.377. The Morgan fingerprint density at radius 1 is 1.11 bits per heavy atom. The van der Waals surface area contributed by atoms with Gasteiger partial charge in [0.05, 0.1) is 11.6 Å². The van der Waals surface area contributed by atoms with Gasteiger partial charge in [-0.15, -0.1) is 0 Å². The van der Waals surface area contributed by atoms with Crippen molar-refractivity contribution in [3.8, 4) is 17.2 Å². The lowest BCUT2D eigenvalue weighted by molar-refractivity contribution is 0.0326. The molecular formula is C27H26ClNO6. The molecule has 1 aliphatic heterocycles. The molecule has 0 spiro atoms. The Kier molecular flexibility index (Phi) is 7.46. The van der Waals surface area contributed by atoms with E-state index in [0.29, 0.717) is 53.0 Å². The van der Waals surface area contributed by atoms with Crippen molar-refractivity contribution in [2.24, 2.45) is 0 Å². The van der Waals surface area contributed by atoms with Crippen molar-refractivity contribution >= 4 is 23.7 Å². The van der Waals surface area contributed by atoms with E-state index in [1.165, 1.54) is 16.7 Å². The highest BCUT2D eigenvalue weighted by atomic mass is 35.5. The Hall–Kier alpha value is -3.71. The van der Waals surface area contributed by atoms with Gasteiger partial charge < -0.3 is 24.6 Å². The molecule has 1 aliphatic rings. The lowest BCUT2D eigenvalue weighted by atomic mass is 10.0. The fraction of sp³-hybridized carbons (Fsp3) is 0.259. The SMILES string of the molecule is Cc1ccc(CCNC(=O)c2ccc(Oc3cc4c(cc3Cl)C(OC(=O)O)CCO4)cc2)c(C)c1. The van der Waals surface area contributed by atoms with Crippen molar-refractivity contribution in [3.05, 3.63) is 87.4 Å². The minimum absolute atomic E-state index is 0.161. The molecule has 2 N–H and O–H groups in total. The number of hydrogen-bond acceptors (Lipinski definition) is 5. The van der Waals surface area contributed by atoms with Crippen LogP contribution in [0.15, 0.2) is 54.6 Å². The molecule has 0 radical (unpaired) electrons. The van der Waals surface area contributed by atoms with Gasteiger partial charge in [0, 0.05) is 30.2 Å². The van der Waals surface area contributed by atoms with Crippen LogP contribution < -0.4 is 14.8 Å². The van der Waals surface area contributed by atoms with E-state index < -0.39 is 12.3 Å². The van der Waals surface area contributed by atoms with Crippen LogP contribution in [0.1, 0.15) is 45.1 Å². The van der Waals surface area contributed by atoms with Gasteiger partial charge in [-0.1, -0.05) is 35.4 Å². The molecule has 0 bridgehead atoms. The molecule has 1 unspecified atom stereocenters. The maximum Gasteiger partial charge on any atom is 0.506 e. The average Bonchev–Trinajstić information content (AvgIpc) is 2.81. The number of carboxylic acid groups (broad SMARTS) is 1. The van der Waals surface area contributed by atoms with Gasteiger partial charge in [-0.05, 0) is 61.7 Å². The van der Waals surface area contributed by atoms with Crippen LogP contribution in [0.25, 0.3) is 0 Å². The first kappa shape index (κ1) is 24.4. The van der Waals surface area contributed by atoms with Crippen LogP contribution >= 0.6 is 11.6 Å². The summed E-state index contributed by atoms with van der Waals surface area (Å²) in [6.07, 6.45) is -0.829. The molecule has 8 heteroatoms. The third-order valence-electron chi connectivity index (χ3n) is 5.81. The first-order valence-corrected chi connectivity index (χ1v) is 11.7. The van der Waals surface area contributed by atoms with Crippen LogP contribution in [-0.2, 0) is 11.2 Å². The van der Waals surface area contributed by atoms with E-state index in [4.69, 9.17) is 30.9 Å². The van der Waals surface area contributed by atoms with Crippen LogP contribution in [-0.4, -0.2) is 30.3 Å². The maximum absolute atomic E-state index is 12.5. The van der Waals surface area contributed by atoms with E-state index >= 15 is 0 Å². The van der Waals surface area contributed by atoms with Crippen molar-refractivity contribution in [3.63, 3.8) is 0 Å². The number of fused-ring (bicyclic) bond motifs is 1. The van der Waals surface area contributed by atoms with Crippen molar-refractivity contribution in [1.82, 2.24) is 5.32 Å². The van der Waals surface area contributed by atoms with E-state index in [1.807, 2.05) is 0 Å². The number of ether oxygens (including phenoxy) is 3. The highest BCUT2D eigenvalue weighted by Crippen LogP contribution is 2.42. The summed E-state index contributed by atoms with van der Waals surface area (Å²) in [6.45, 7) is 5.00. The molecule has 1 atom stereocenters. The summed E-state index contributed by atoms with van der Waals surface area (Å²) < 4.78 is 16.5. The molecule has 4 rings (SSSR count). The monoisotopic (exact) mass is 495 g/mol. The molecule has 3 aromatic rings. The van der Waals surface area contributed by atoms with Gasteiger partial charge in [0.1, 0.15) is 23.4 Å². The predicted octanol–water partition coefficient (Wildman–Crippen LogP) is 6.24. The maximum atomic E-state index is 12.5. The second-order valence-corrected chi connectivity index (χ2v) is 8.80. The summed E-state index contributed by atoms with van der Waals surface area (Å²) in [4.78, 5) is 23.5. The number of halogens is 1. The molecule has 182 valence electrons. The molecular weight excluding hydrogens is 470 g/mol. The average molecular weight is 496 g/mol. The fourth-order valence-corrected chi connectivity index (χ4v) is 4.23. The van der Waals surface area contributed by atoms with Gasteiger partial charge in [0.15, 0.2) is 0 Å². The van der Waals surface area contributed by atoms with Gasteiger partial charge in [-0.25, -0.2) is 4.79 Å². The zero-order chi connectivity index (χ0) is 24.9. The Labute approximate surface area is 208 Å². The first-order chi connectivity index (χ1) is 16.8. The molecule has 0 aromatic heterocycles. The van der Waals surface area contributed by atoms with Gasteiger partial charge in [0.25, 0.3) is 5.91 Å². The van der Waals surface area contributed by atoms with E-state index in [-0.39, 0.29) is 5.91 Å². The number of aryl methyl sites for hydroxylation is 2. The Morgan fingerprint density at radius 2 is 1.89 bits per heavy atom. The van der Waals surface area contributed by atoms with E-state index in [2.05, 4.69) is 37.4 Å². The Morgan fingerprint density at radius 3 is 2.60 bits per heavy atom. The summed E-state index contributed by atoms with van der Waals surface area (Å²) in [5.74, 6) is 1.15. The molecule has 7 nitrogen and oxygen atoms in total. The number of benzene rings is 3. The number of nitrogens with one attached hydrogen (secondary N) is 1. The normalized spacial score (nSPS) is 14.4. The molecule has 0 fully saturated rings. The summed E-state index contributed by atoms with van der Waals surface area (Å²) in [6, 6.07) is 16.3. The minimum atomic E-state index is -1.35. The second kappa shape index (κ2) is 10.7. The number of rotatable bonds is 7. The molecule has 35 heavy (non-hydrogen) atoms. The first-order valence-electron chi connectivity index (χ1n) is 11.3. The summed E-state index contributed by atoms with van der Waals surface area (Å²) in [5.41, 5.74) is 4.73. The minimum Gasteiger partial charge on any atom is -0.493 e. The Bertz CT molecular complexity index is 1240. The van der Waals surface area contributed by atoms with Crippen molar-refractivity contribution in [2.45, 2.75) is 32.8 Å². The lowest BCUT2D eigenvalue weighted by Crippen LogP contribution is -2.25. The Balaban J connectivity index is 1.37. The summed E-state index contributed by atoms with van der Waals surface area (Å²) in [7, 11) is 0. The van der Waals surface area contributed by atoms with Crippen LogP contribution in [0.2, 0.25) is 5.02 Å². The zero-order valence-electron chi connectivity index (χ0n) is 19.5. The largest absolute Gasteiger partial charge is 0.506 e. The van der Waals surface area contributed by atoms with Crippen LogP contribution in [0.4, 0.5) is 4.79 Å². The molecule has 0 saturated heterocycles. The van der Waals surface area contributed by atoms with Crippen molar-refractivity contribution in [2.75, 3.05) is 13.2 Å². The molecule has 0 saturated carbocycles. The number of amides is 1. The molecule has 0 aliphatic carbocycles. The van der Waals surface area contributed by atoms with E-state index in [9.17, 15) is 9.59 Å². The van der Waals surface area contributed by atoms with Gasteiger partial charge in [0.2, 0.25) is 0 Å².